The number of hydrogen-bond acceptors (Lipinski definition) is 9. The molecule has 2 atom stereocenters. The van der Waals surface area contributed by atoms with Crippen molar-refractivity contribution in [2.24, 2.45) is 0 Å². The third-order valence-electron chi connectivity index (χ3n) is 6.89. The van der Waals surface area contributed by atoms with Crippen LogP contribution in [-0.2, 0) is 32.6 Å². The highest BCUT2D eigenvalue weighted by Gasteiger charge is 2.29. The van der Waals surface area contributed by atoms with Gasteiger partial charge >= 0.3 is 5.97 Å². The number of non-ortho nitro benzene ring substituents is 1. The zero-order valence-corrected chi connectivity index (χ0v) is 26.0. The average molecular weight is 674 g/mol. The largest absolute Gasteiger partial charge is 0.489 e. The molecule has 45 heavy (non-hydrogen) atoms. The quantitative estimate of drug-likeness (QED) is 0.114. The number of carbonyl (C=O) groups excluding carboxylic acids is 1. The highest BCUT2D eigenvalue weighted by atomic mass is 35.5. The molecule has 234 valence electrons. The molecule has 0 fully saturated rings. The number of rotatable bonds is 11. The van der Waals surface area contributed by atoms with Gasteiger partial charge in [-0.25, -0.2) is 8.42 Å². The normalized spacial score (nSPS) is 14.8. The number of nitro groups is 1. The van der Waals surface area contributed by atoms with Crippen molar-refractivity contribution in [1.82, 2.24) is 4.72 Å². The summed E-state index contributed by atoms with van der Waals surface area (Å²) >= 11 is 12.0. The Morgan fingerprint density at radius 2 is 1.69 bits per heavy atom. The van der Waals surface area contributed by atoms with Gasteiger partial charge in [-0.3, -0.25) is 14.9 Å². The van der Waals surface area contributed by atoms with Crippen LogP contribution in [0.4, 0.5) is 5.69 Å². The molecule has 1 heterocycles. The van der Waals surface area contributed by atoms with Crippen LogP contribution in [0.2, 0.25) is 10.0 Å². The maximum Gasteiger partial charge on any atom is 0.324 e. The number of methoxy groups -OCH3 is 1. The van der Waals surface area contributed by atoms with Gasteiger partial charge in [-0.15, -0.1) is 0 Å². The van der Waals surface area contributed by atoms with E-state index in [0.717, 1.165) is 42.5 Å². The van der Waals surface area contributed by atoms with Crippen LogP contribution in [0.25, 0.3) is 0 Å². The first-order valence-corrected chi connectivity index (χ1v) is 15.7. The number of hydrogen-bond donors (Lipinski definition) is 1. The van der Waals surface area contributed by atoms with Gasteiger partial charge in [0.15, 0.2) is 17.6 Å². The monoisotopic (exact) mass is 672 g/mol. The molecule has 1 N–H and O–H groups in total. The number of fused-ring (bicyclic) bond motifs is 1. The Labute approximate surface area is 268 Å². The van der Waals surface area contributed by atoms with E-state index in [1.807, 2.05) is 30.3 Å². The summed E-state index contributed by atoms with van der Waals surface area (Å²) in [5.41, 5.74) is 2.08. The molecular formula is C31H26Cl2N2O9S. The molecule has 4 aromatic rings. The maximum absolute atomic E-state index is 12.9. The minimum absolute atomic E-state index is 0.0529. The van der Waals surface area contributed by atoms with Crippen molar-refractivity contribution in [2.75, 3.05) is 13.7 Å². The third kappa shape index (κ3) is 7.84. The van der Waals surface area contributed by atoms with E-state index in [1.165, 1.54) is 0 Å². The number of sulfonamides is 1. The van der Waals surface area contributed by atoms with Gasteiger partial charge in [0.05, 0.1) is 27.0 Å². The average Bonchev–Trinajstić information content (AvgIpc) is 3.04. The molecule has 1 aliphatic heterocycles. The van der Waals surface area contributed by atoms with Crippen molar-refractivity contribution in [3.05, 3.63) is 122 Å². The summed E-state index contributed by atoms with van der Waals surface area (Å²) in [6, 6.07) is 20.8. The number of nitrogens with zero attached hydrogens (tertiary/aromatic N) is 1. The SMILES string of the molecule is COC(=O)[C@H](Cc1ccc2c(c1)OC[C@@H](c1ccc(OCc3ccc(Cl)c(Cl)c3)cc1)O2)NS(=O)(=O)c1ccc([N+](=O)[O-])cc1. The summed E-state index contributed by atoms with van der Waals surface area (Å²) in [5, 5.41) is 11.8. The van der Waals surface area contributed by atoms with Crippen LogP contribution in [0.3, 0.4) is 0 Å². The van der Waals surface area contributed by atoms with Gasteiger partial charge in [-0.2, -0.15) is 4.72 Å². The Morgan fingerprint density at radius 1 is 0.978 bits per heavy atom. The van der Waals surface area contributed by atoms with Gasteiger partial charge in [0.25, 0.3) is 5.69 Å². The van der Waals surface area contributed by atoms with Crippen molar-refractivity contribution in [3.8, 4) is 17.2 Å². The Balaban J connectivity index is 1.22. The highest BCUT2D eigenvalue weighted by molar-refractivity contribution is 7.89. The maximum atomic E-state index is 12.9. The molecule has 0 amide bonds. The Hall–Kier alpha value is -4.36. The van der Waals surface area contributed by atoms with Gasteiger partial charge in [-0.05, 0) is 71.6 Å². The molecule has 0 saturated heterocycles. The smallest absolute Gasteiger partial charge is 0.324 e. The highest BCUT2D eigenvalue weighted by Crippen LogP contribution is 2.37. The topological polar surface area (TPSA) is 143 Å². The fourth-order valence-corrected chi connectivity index (χ4v) is 6.04. The van der Waals surface area contributed by atoms with Crippen LogP contribution >= 0.6 is 23.2 Å². The molecule has 0 saturated carbocycles. The lowest BCUT2D eigenvalue weighted by molar-refractivity contribution is -0.384. The second kappa shape index (κ2) is 13.7. The van der Waals surface area contributed by atoms with Crippen molar-refractivity contribution in [2.45, 2.75) is 30.1 Å². The van der Waals surface area contributed by atoms with Crippen LogP contribution in [0.15, 0.2) is 89.8 Å². The minimum atomic E-state index is -4.21. The fraction of sp³-hybridized carbons (Fsp3) is 0.194. The zero-order valence-electron chi connectivity index (χ0n) is 23.6. The van der Waals surface area contributed by atoms with Crippen LogP contribution < -0.4 is 18.9 Å². The van der Waals surface area contributed by atoms with Crippen LogP contribution in [0.1, 0.15) is 22.8 Å². The van der Waals surface area contributed by atoms with Crippen molar-refractivity contribution >= 4 is 44.9 Å². The minimum Gasteiger partial charge on any atom is -0.489 e. The lowest BCUT2D eigenvalue weighted by Crippen LogP contribution is -2.43. The number of esters is 1. The van der Waals surface area contributed by atoms with E-state index in [4.69, 9.17) is 42.1 Å². The molecule has 0 bridgehead atoms. The van der Waals surface area contributed by atoms with Gasteiger partial charge in [0, 0.05) is 12.1 Å². The molecule has 5 rings (SSSR count). The van der Waals surface area contributed by atoms with Crippen molar-refractivity contribution < 1.29 is 37.1 Å². The number of nitro benzene ring substituents is 1. The van der Waals surface area contributed by atoms with Crippen LogP contribution in [0.5, 0.6) is 17.2 Å². The Bertz CT molecular complexity index is 1820. The molecular weight excluding hydrogens is 647 g/mol. The van der Waals surface area contributed by atoms with Gasteiger partial charge in [-0.1, -0.05) is 47.5 Å². The predicted octanol–water partition coefficient (Wildman–Crippen LogP) is 6.06. The number of halogens is 2. The molecule has 0 aliphatic carbocycles. The second-order valence-corrected chi connectivity index (χ2v) is 12.5. The first-order valence-electron chi connectivity index (χ1n) is 13.5. The fourth-order valence-electron chi connectivity index (χ4n) is 4.53. The molecule has 0 unspecified atom stereocenters. The van der Waals surface area contributed by atoms with Crippen molar-refractivity contribution in [3.63, 3.8) is 0 Å². The van der Waals surface area contributed by atoms with E-state index in [-0.39, 0.29) is 29.7 Å². The first-order chi connectivity index (χ1) is 21.5. The number of ether oxygens (including phenoxy) is 4. The molecule has 1 aliphatic rings. The van der Waals surface area contributed by atoms with Crippen molar-refractivity contribution in [1.29, 1.82) is 0 Å². The van der Waals surface area contributed by atoms with E-state index in [0.29, 0.717) is 39.5 Å². The van der Waals surface area contributed by atoms with Crippen LogP contribution in [-0.4, -0.2) is 39.1 Å². The Kier molecular flexibility index (Phi) is 9.78. The molecule has 14 heteroatoms. The van der Waals surface area contributed by atoms with E-state index >= 15 is 0 Å². The summed E-state index contributed by atoms with van der Waals surface area (Å²) in [5.74, 6) is 0.777. The summed E-state index contributed by atoms with van der Waals surface area (Å²) in [7, 11) is -3.06. The molecule has 0 spiro atoms. The summed E-state index contributed by atoms with van der Waals surface area (Å²) in [6.45, 7) is 0.539. The number of benzene rings is 4. The third-order valence-corrected chi connectivity index (χ3v) is 9.12. The van der Waals surface area contributed by atoms with E-state index < -0.39 is 27.0 Å². The molecule has 11 nitrogen and oxygen atoms in total. The van der Waals surface area contributed by atoms with Gasteiger partial charge in [0.2, 0.25) is 10.0 Å². The summed E-state index contributed by atoms with van der Waals surface area (Å²) in [6.07, 6.45) is -0.438. The summed E-state index contributed by atoms with van der Waals surface area (Å²) < 4.78 is 51.0. The number of nitrogens with one attached hydrogen (secondary N) is 1. The van der Waals surface area contributed by atoms with Crippen LogP contribution in [0, 0.1) is 10.1 Å². The van der Waals surface area contributed by atoms with E-state index in [2.05, 4.69) is 4.72 Å². The van der Waals surface area contributed by atoms with E-state index in [1.54, 1.807) is 30.3 Å². The van der Waals surface area contributed by atoms with Gasteiger partial charge < -0.3 is 18.9 Å². The standard InChI is InChI=1S/C31H26Cl2N2O9S/c1-41-31(36)27(34-45(39,40)24-10-6-22(7-11-24)35(37)38)15-19-3-13-28-29(16-19)43-18-30(44-28)21-4-8-23(9-5-21)42-17-20-2-12-25(32)26(33)14-20/h2-14,16,27,30,34H,15,17-18H2,1H3/t27-,30-/m0/s1. The van der Waals surface area contributed by atoms with E-state index in [9.17, 15) is 23.3 Å². The zero-order chi connectivity index (χ0) is 32.1. The van der Waals surface area contributed by atoms with Gasteiger partial charge in [0.1, 0.15) is 25.0 Å². The first kappa shape index (κ1) is 32.0. The lowest BCUT2D eigenvalue weighted by atomic mass is 10.0. The lowest BCUT2D eigenvalue weighted by Gasteiger charge is -2.27. The number of carbonyl (C=O) groups is 1. The molecule has 0 radical (unpaired) electrons. The molecule has 4 aromatic carbocycles. The summed E-state index contributed by atoms with van der Waals surface area (Å²) in [4.78, 5) is 22.5. The Morgan fingerprint density at radius 3 is 2.36 bits per heavy atom. The second-order valence-electron chi connectivity index (χ2n) is 9.96. The predicted molar refractivity (Wildman–Crippen MR) is 165 cm³/mol. The molecule has 0 aromatic heterocycles.